The normalized spacial score (nSPS) is 13.2. The fraction of sp³-hybridized carbons (Fsp3) is 0.588. The van der Waals surface area contributed by atoms with E-state index in [-0.39, 0.29) is 71.8 Å². The van der Waals surface area contributed by atoms with Gasteiger partial charge in [-0.05, 0) is 12.5 Å². The number of phosphoric ester groups is 1. The molecular weight excluding hydrogens is 407 g/mol. The van der Waals surface area contributed by atoms with Gasteiger partial charge in [-0.2, -0.15) is 0 Å². The standard InChI is InChI=1S/C17H26NO7P.2Na/c1-2-3-4-5-6-10-16(19)18-14(11-25-26(20,21)22)13-8-7-9-15-17(13)24-12-23-15;;/h7-9,14H,2-6,10-12H2,1H3,(H,18,19)(H2,20,21,22);;/q;2*+1/p-2. The summed E-state index contributed by atoms with van der Waals surface area (Å²) in [7, 11) is -5.16. The molecule has 28 heavy (non-hydrogen) atoms. The average molecular weight is 431 g/mol. The first kappa shape index (κ1) is 28.4. The molecule has 11 heteroatoms. The fourth-order valence-corrected chi connectivity index (χ4v) is 3.09. The molecule has 146 valence electrons. The summed E-state index contributed by atoms with van der Waals surface area (Å²) in [6.45, 7) is 1.66. The van der Waals surface area contributed by atoms with Crippen LogP contribution in [0.4, 0.5) is 0 Å². The third kappa shape index (κ3) is 9.94. The van der Waals surface area contributed by atoms with Crippen molar-refractivity contribution in [1.82, 2.24) is 5.32 Å². The number of benzene rings is 1. The molecule has 0 saturated heterocycles. The molecule has 0 fully saturated rings. The molecule has 1 aliphatic heterocycles. The maximum Gasteiger partial charge on any atom is 1.00 e. The van der Waals surface area contributed by atoms with E-state index in [9.17, 15) is 19.1 Å². The Bertz CT molecular complexity index is 656. The van der Waals surface area contributed by atoms with Gasteiger partial charge in [0.1, 0.15) is 0 Å². The summed E-state index contributed by atoms with van der Waals surface area (Å²) in [5, 5.41) is 2.73. The summed E-state index contributed by atoms with van der Waals surface area (Å²) in [6.07, 6.45) is 5.34. The van der Waals surface area contributed by atoms with Gasteiger partial charge in [0.2, 0.25) is 12.7 Å². The van der Waals surface area contributed by atoms with Gasteiger partial charge in [-0.15, -0.1) is 0 Å². The molecule has 1 amide bonds. The first-order valence-corrected chi connectivity index (χ1v) is 10.2. The van der Waals surface area contributed by atoms with E-state index in [1.54, 1.807) is 18.2 Å². The van der Waals surface area contributed by atoms with E-state index in [1.165, 1.54) is 0 Å². The number of fused-ring (bicyclic) bond motifs is 1. The molecule has 1 aromatic carbocycles. The molecule has 0 radical (unpaired) electrons. The molecule has 1 atom stereocenters. The number of hydrogen-bond donors (Lipinski definition) is 1. The maximum atomic E-state index is 12.2. The maximum absolute atomic E-state index is 12.2. The van der Waals surface area contributed by atoms with Crippen LogP contribution in [-0.4, -0.2) is 19.3 Å². The summed E-state index contributed by atoms with van der Waals surface area (Å²) in [6, 6.07) is 4.24. The third-order valence-corrected chi connectivity index (χ3v) is 4.51. The van der Waals surface area contributed by atoms with Crippen LogP contribution in [0.2, 0.25) is 0 Å². The topological polar surface area (TPSA) is 120 Å². The van der Waals surface area contributed by atoms with E-state index in [2.05, 4.69) is 16.8 Å². The van der Waals surface area contributed by atoms with Crippen molar-refractivity contribution < 1.29 is 92.3 Å². The van der Waals surface area contributed by atoms with Crippen molar-refractivity contribution >= 4 is 13.7 Å². The molecular formula is C17H24NNa2O7P. The van der Waals surface area contributed by atoms with Crippen molar-refractivity contribution in [3.8, 4) is 11.5 Å². The quantitative estimate of drug-likeness (QED) is 0.214. The molecule has 8 nitrogen and oxygen atoms in total. The zero-order chi connectivity index (χ0) is 19.0. The summed E-state index contributed by atoms with van der Waals surface area (Å²) in [5.74, 6) is 0.669. The van der Waals surface area contributed by atoms with Gasteiger partial charge in [0.05, 0.1) is 20.5 Å². The predicted octanol–water partition coefficient (Wildman–Crippen LogP) is -4.21. The van der Waals surface area contributed by atoms with E-state index < -0.39 is 20.5 Å². The second-order valence-electron chi connectivity index (χ2n) is 6.11. The number of hydrogen-bond acceptors (Lipinski definition) is 7. The zero-order valence-corrected chi connectivity index (χ0v) is 21.7. The molecule has 1 aromatic rings. The summed E-state index contributed by atoms with van der Waals surface area (Å²) in [4.78, 5) is 33.9. The number of rotatable bonds is 11. The number of carbonyl (C=O) groups is 1. The van der Waals surface area contributed by atoms with E-state index in [0.717, 1.165) is 32.1 Å². The smallest absolute Gasteiger partial charge is 0.790 e. The minimum Gasteiger partial charge on any atom is -0.790 e. The molecule has 1 aliphatic rings. The van der Waals surface area contributed by atoms with Gasteiger partial charge in [0.15, 0.2) is 11.5 Å². The Labute approximate surface area is 209 Å². The second kappa shape index (κ2) is 14.4. The summed E-state index contributed by atoms with van der Waals surface area (Å²) < 4.78 is 25.9. The van der Waals surface area contributed by atoms with Crippen molar-refractivity contribution in [1.29, 1.82) is 0 Å². The van der Waals surface area contributed by atoms with Crippen molar-refractivity contribution in [3.05, 3.63) is 23.8 Å². The molecule has 0 aliphatic carbocycles. The molecule has 2 rings (SSSR count). The monoisotopic (exact) mass is 431 g/mol. The first-order valence-electron chi connectivity index (χ1n) is 8.75. The van der Waals surface area contributed by atoms with Crippen LogP contribution in [0.5, 0.6) is 11.5 Å². The van der Waals surface area contributed by atoms with Gasteiger partial charge in [-0.1, -0.05) is 44.7 Å². The Morgan fingerprint density at radius 2 is 1.93 bits per heavy atom. The SMILES string of the molecule is CCCCCCCC(=O)NC(COP(=O)([O-])[O-])c1cccc2c1OCO2.[Na+].[Na+]. The third-order valence-electron chi connectivity index (χ3n) is 4.04. The Balaban J connectivity index is 0.00000364. The van der Waals surface area contributed by atoms with Gasteiger partial charge in [-0.25, -0.2) is 0 Å². The molecule has 1 unspecified atom stereocenters. The number of nitrogens with one attached hydrogen (secondary N) is 1. The van der Waals surface area contributed by atoms with Crippen LogP contribution in [0.25, 0.3) is 0 Å². The van der Waals surface area contributed by atoms with Gasteiger partial charge in [-0.3, -0.25) is 4.79 Å². The van der Waals surface area contributed by atoms with Gasteiger partial charge >= 0.3 is 59.1 Å². The predicted molar refractivity (Wildman–Crippen MR) is 90.4 cm³/mol. The average Bonchev–Trinajstić information content (AvgIpc) is 3.06. The van der Waals surface area contributed by atoms with E-state index in [4.69, 9.17) is 9.47 Å². The number of ether oxygens (including phenoxy) is 2. The van der Waals surface area contributed by atoms with Crippen LogP contribution >= 0.6 is 7.82 Å². The van der Waals surface area contributed by atoms with E-state index in [1.807, 2.05) is 0 Å². The molecule has 0 spiro atoms. The van der Waals surface area contributed by atoms with Crippen molar-refractivity contribution in [2.75, 3.05) is 13.4 Å². The largest absolute Gasteiger partial charge is 1.00 e. The fourth-order valence-electron chi connectivity index (χ4n) is 2.76. The number of para-hydroxylation sites is 1. The first-order chi connectivity index (χ1) is 12.4. The summed E-state index contributed by atoms with van der Waals surface area (Å²) in [5.41, 5.74) is 0.507. The van der Waals surface area contributed by atoms with Crippen LogP contribution in [0.3, 0.4) is 0 Å². The molecule has 1 N–H and O–H groups in total. The number of amides is 1. The number of phosphoric acid groups is 1. The summed E-state index contributed by atoms with van der Waals surface area (Å²) >= 11 is 0. The Hall–Kier alpha value is 0.400. The molecule has 0 saturated carbocycles. The van der Waals surface area contributed by atoms with Crippen LogP contribution in [0, 0.1) is 0 Å². The van der Waals surface area contributed by atoms with Crippen molar-refractivity contribution in [2.45, 2.75) is 51.5 Å². The number of unbranched alkanes of at least 4 members (excludes halogenated alkanes) is 4. The second-order valence-corrected chi connectivity index (χ2v) is 7.26. The molecule has 1 heterocycles. The number of carbonyl (C=O) groups excluding carboxylic acids is 1. The Morgan fingerprint density at radius 1 is 1.21 bits per heavy atom. The van der Waals surface area contributed by atoms with Crippen LogP contribution in [-0.2, 0) is 13.9 Å². The molecule has 0 bridgehead atoms. The van der Waals surface area contributed by atoms with Crippen LogP contribution in [0.15, 0.2) is 18.2 Å². The van der Waals surface area contributed by atoms with E-state index >= 15 is 0 Å². The zero-order valence-electron chi connectivity index (χ0n) is 16.8. The van der Waals surface area contributed by atoms with Crippen LogP contribution < -0.4 is 83.7 Å². The molecule has 0 aromatic heterocycles. The Kier molecular flexibility index (Phi) is 14.6. The Morgan fingerprint density at radius 3 is 2.61 bits per heavy atom. The minimum atomic E-state index is -5.16. The van der Waals surface area contributed by atoms with Crippen molar-refractivity contribution in [2.24, 2.45) is 0 Å². The van der Waals surface area contributed by atoms with E-state index in [0.29, 0.717) is 23.5 Å². The van der Waals surface area contributed by atoms with Gasteiger partial charge < -0.3 is 33.7 Å². The minimum absolute atomic E-state index is 0. The van der Waals surface area contributed by atoms with Gasteiger partial charge in [0.25, 0.3) is 0 Å². The van der Waals surface area contributed by atoms with Gasteiger partial charge in [0, 0.05) is 12.0 Å². The van der Waals surface area contributed by atoms with Crippen molar-refractivity contribution in [3.63, 3.8) is 0 Å². The van der Waals surface area contributed by atoms with Crippen LogP contribution in [0.1, 0.15) is 57.1 Å².